The Kier molecular flexibility index (Phi) is 7.15. The van der Waals surface area contributed by atoms with Gasteiger partial charge < -0.3 is 10.0 Å². The van der Waals surface area contributed by atoms with E-state index in [0.29, 0.717) is 12.1 Å². The van der Waals surface area contributed by atoms with Gasteiger partial charge in [-0.1, -0.05) is 42.5 Å². The highest BCUT2D eigenvalue weighted by Crippen LogP contribution is 2.31. The van der Waals surface area contributed by atoms with Gasteiger partial charge in [0.25, 0.3) is 0 Å². The first-order valence-electron chi connectivity index (χ1n) is 10.8. The molecule has 1 aliphatic heterocycles. The third kappa shape index (κ3) is 5.52. The van der Waals surface area contributed by atoms with Gasteiger partial charge in [0, 0.05) is 43.2 Å². The van der Waals surface area contributed by atoms with E-state index in [2.05, 4.69) is 40.1 Å². The smallest absolute Gasteiger partial charge is 0.305 e. The zero-order chi connectivity index (χ0) is 22.3. The molecule has 2 aromatic carbocycles. The van der Waals surface area contributed by atoms with E-state index in [-0.39, 0.29) is 12.5 Å². The molecule has 0 saturated carbocycles. The lowest BCUT2D eigenvalue weighted by molar-refractivity contribution is -0.136. The fourth-order valence-electron chi connectivity index (χ4n) is 4.13. The highest BCUT2D eigenvalue weighted by atomic mass is 32.1. The second kappa shape index (κ2) is 10.4. The maximum atomic E-state index is 11.3. The van der Waals surface area contributed by atoms with Crippen molar-refractivity contribution in [1.29, 1.82) is 5.26 Å². The highest BCUT2D eigenvalue weighted by Gasteiger charge is 2.27. The zero-order valence-electron chi connectivity index (χ0n) is 17.9. The molecule has 1 fully saturated rings. The quantitative estimate of drug-likeness (QED) is 0.544. The predicted molar refractivity (Wildman–Crippen MR) is 127 cm³/mol. The number of aliphatic carboxylic acids is 1. The summed E-state index contributed by atoms with van der Waals surface area (Å²) in [5, 5.41) is 21.1. The molecule has 0 atom stereocenters. The van der Waals surface area contributed by atoms with Gasteiger partial charge in [0.05, 0.1) is 23.7 Å². The number of likely N-dealkylation sites (tertiary alicyclic amines) is 1. The first-order chi connectivity index (χ1) is 15.6. The Morgan fingerprint density at radius 2 is 1.88 bits per heavy atom. The van der Waals surface area contributed by atoms with Crippen LogP contribution in [-0.2, 0) is 11.3 Å². The third-order valence-electron chi connectivity index (χ3n) is 5.86. The minimum absolute atomic E-state index is 0.0933. The van der Waals surface area contributed by atoms with Crippen LogP contribution < -0.4 is 4.90 Å². The van der Waals surface area contributed by atoms with Gasteiger partial charge in [0.2, 0.25) is 0 Å². The molecule has 0 radical (unpaired) electrons. The van der Waals surface area contributed by atoms with Gasteiger partial charge in [0.1, 0.15) is 0 Å². The highest BCUT2D eigenvalue weighted by molar-refractivity contribution is 7.14. The summed E-state index contributed by atoms with van der Waals surface area (Å²) in [5.74, 6) is -0.791. The first-order valence-corrected chi connectivity index (χ1v) is 11.7. The Morgan fingerprint density at radius 3 is 2.53 bits per heavy atom. The van der Waals surface area contributed by atoms with Crippen LogP contribution in [-0.4, -0.2) is 46.6 Å². The maximum absolute atomic E-state index is 11.3. The molecule has 7 heteroatoms. The third-order valence-corrected chi connectivity index (χ3v) is 6.74. The molecule has 1 saturated heterocycles. The number of piperidine rings is 1. The maximum Gasteiger partial charge on any atom is 0.305 e. The van der Waals surface area contributed by atoms with Crippen molar-refractivity contribution in [3.05, 3.63) is 71.1 Å². The number of benzene rings is 2. The number of carboxylic acid groups (broad SMARTS) is 1. The largest absolute Gasteiger partial charge is 0.481 e. The lowest BCUT2D eigenvalue weighted by Crippen LogP contribution is -2.45. The summed E-state index contributed by atoms with van der Waals surface area (Å²) in [7, 11) is 0. The summed E-state index contributed by atoms with van der Waals surface area (Å²) in [5.41, 5.74) is 3.76. The lowest BCUT2D eigenvalue weighted by Gasteiger charge is -2.38. The van der Waals surface area contributed by atoms with Gasteiger partial charge in [-0.15, -0.1) is 11.3 Å². The molecular formula is C25H26N4O2S. The first kappa shape index (κ1) is 22.0. The molecule has 164 valence electrons. The van der Waals surface area contributed by atoms with E-state index in [1.54, 1.807) is 23.5 Å². The molecule has 3 aromatic rings. The zero-order valence-corrected chi connectivity index (χ0v) is 18.7. The molecule has 2 heterocycles. The molecule has 0 unspecified atom stereocenters. The van der Waals surface area contributed by atoms with Crippen molar-refractivity contribution in [3.8, 4) is 17.3 Å². The molecule has 1 aliphatic rings. The van der Waals surface area contributed by atoms with E-state index in [0.717, 1.165) is 48.9 Å². The fraction of sp³-hybridized carbons (Fsp3) is 0.320. The van der Waals surface area contributed by atoms with Crippen LogP contribution in [0.1, 0.15) is 30.4 Å². The molecule has 0 aliphatic carbocycles. The summed E-state index contributed by atoms with van der Waals surface area (Å²) in [6.07, 6.45) is 2.06. The van der Waals surface area contributed by atoms with Crippen molar-refractivity contribution in [1.82, 2.24) is 9.88 Å². The van der Waals surface area contributed by atoms with Gasteiger partial charge in [-0.25, -0.2) is 4.98 Å². The summed E-state index contributed by atoms with van der Waals surface area (Å²) >= 11 is 1.55. The van der Waals surface area contributed by atoms with Gasteiger partial charge in [0.15, 0.2) is 5.13 Å². The summed E-state index contributed by atoms with van der Waals surface area (Å²) in [4.78, 5) is 20.8. The Hall–Kier alpha value is -3.21. The van der Waals surface area contributed by atoms with E-state index in [9.17, 15) is 9.90 Å². The normalized spacial score (nSPS) is 14.7. The average molecular weight is 447 g/mol. The standard InChI is InChI=1S/C25H26N4O2S/c26-16-19-6-8-21(9-7-19)23-18-32-25(27-23)29(15-12-24(30)31)22-10-13-28(14-11-22)17-20-4-2-1-3-5-20/h1-9,18,22H,10-15,17H2,(H,30,31). The molecule has 6 nitrogen and oxygen atoms in total. The van der Waals surface area contributed by atoms with Crippen molar-refractivity contribution >= 4 is 22.4 Å². The van der Waals surface area contributed by atoms with Gasteiger partial charge >= 0.3 is 5.97 Å². The number of nitrogens with zero attached hydrogens (tertiary/aromatic N) is 4. The topological polar surface area (TPSA) is 80.5 Å². The van der Waals surface area contributed by atoms with E-state index < -0.39 is 5.97 Å². The number of anilines is 1. The number of carboxylic acids is 1. The van der Waals surface area contributed by atoms with Crippen LogP contribution in [0.2, 0.25) is 0 Å². The Balaban J connectivity index is 1.45. The van der Waals surface area contributed by atoms with Gasteiger partial charge in [-0.2, -0.15) is 5.26 Å². The monoisotopic (exact) mass is 446 g/mol. The van der Waals surface area contributed by atoms with E-state index in [1.165, 1.54) is 5.56 Å². The number of thiazole rings is 1. The molecule has 1 N–H and O–H groups in total. The second-order valence-corrected chi connectivity index (χ2v) is 8.87. The fourth-order valence-corrected chi connectivity index (χ4v) is 5.06. The van der Waals surface area contributed by atoms with Crippen molar-refractivity contribution in [2.75, 3.05) is 24.5 Å². The molecule has 1 aromatic heterocycles. The minimum atomic E-state index is -0.791. The van der Waals surface area contributed by atoms with Crippen LogP contribution in [0.3, 0.4) is 0 Å². The van der Waals surface area contributed by atoms with Crippen molar-refractivity contribution < 1.29 is 9.90 Å². The molecule has 0 spiro atoms. The summed E-state index contributed by atoms with van der Waals surface area (Å²) in [6.45, 7) is 3.37. The summed E-state index contributed by atoms with van der Waals surface area (Å²) < 4.78 is 0. The van der Waals surface area contributed by atoms with Gasteiger partial charge in [-0.05, 0) is 30.5 Å². The summed E-state index contributed by atoms with van der Waals surface area (Å²) in [6, 6.07) is 20.3. The number of rotatable bonds is 8. The number of aromatic nitrogens is 1. The average Bonchev–Trinajstić information content (AvgIpc) is 3.31. The molecule has 0 amide bonds. The van der Waals surface area contributed by atoms with Crippen LogP contribution in [0.15, 0.2) is 60.0 Å². The Bertz CT molecular complexity index is 1070. The van der Waals surface area contributed by atoms with Crippen LogP contribution >= 0.6 is 11.3 Å². The number of nitriles is 1. The SMILES string of the molecule is N#Cc1ccc(-c2csc(N(CCC(=O)O)C3CCN(Cc4ccccc4)CC3)n2)cc1. The van der Waals surface area contributed by atoms with Crippen LogP contribution in [0.5, 0.6) is 0 Å². The molecule has 4 rings (SSSR count). The molecule has 32 heavy (non-hydrogen) atoms. The number of carbonyl (C=O) groups is 1. The molecule has 0 bridgehead atoms. The van der Waals surface area contributed by atoms with Crippen molar-refractivity contribution in [3.63, 3.8) is 0 Å². The Labute approximate surface area is 192 Å². The van der Waals surface area contributed by atoms with Crippen LogP contribution in [0.25, 0.3) is 11.3 Å². The number of hydrogen-bond donors (Lipinski definition) is 1. The van der Waals surface area contributed by atoms with E-state index in [4.69, 9.17) is 10.2 Å². The van der Waals surface area contributed by atoms with Crippen LogP contribution in [0, 0.1) is 11.3 Å². The van der Waals surface area contributed by atoms with Crippen LogP contribution in [0.4, 0.5) is 5.13 Å². The second-order valence-electron chi connectivity index (χ2n) is 8.03. The Morgan fingerprint density at radius 1 is 1.16 bits per heavy atom. The van der Waals surface area contributed by atoms with E-state index >= 15 is 0 Å². The van der Waals surface area contributed by atoms with E-state index in [1.807, 2.05) is 23.6 Å². The molecular weight excluding hydrogens is 420 g/mol. The minimum Gasteiger partial charge on any atom is -0.481 e. The van der Waals surface area contributed by atoms with Crippen molar-refractivity contribution in [2.45, 2.75) is 31.8 Å². The van der Waals surface area contributed by atoms with Gasteiger partial charge in [-0.3, -0.25) is 9.69 Å². The predicted octanol–water partition coefficient (Wildman–Crippen LogP) is 4.63. The van der Waals surface area contributed by atoms with Crippen molar-refractivity contribution in [2.24, 2.45) is 0 Å². The number of hydrogen-bond acceptors (Lipinski definition) is 6. The lowest BCUT2D eigenvalue weighted by atomic mass is 10.0.